The first-order valence-electron chi connectivity index (χ1n) is 6.63. The molecule has 1 aromatic carbocycles. The summed E-state index contributed by atoms with van der Waals surface area (Å²) in [5, 5.41) is 15.2. The van der Waals surface area contributed by atoms with E-state index in [-0.39, 0.29) is 24.8 Å². The molecule has 0 saturated carbocycles. The molecule has 3 N–H and O–H groups in total. The van der Waals surface area contributed by atoms with Crippen molar-refractivity contribution in [3.63, 3.8) is 0 Å². The van der Waals surface area contributed by atoms with Crippen molar-refractivity contribution in [2.45, 2.75) is 18.4 Å². The fraction of sp³-hybridized carbons (Fsp3) is 0.500. The SMILES string of the molecule is O=C(CCNC1(CO)CCOC1)Nc1cccc(F)c1. The minimum Gasteiger partial charge on any atom is -0.394 e. The lowest BCUT2D eigenvalue weighted by Gasteiger charge is -2.26. The number of hydrogen-bond donors (Lipinski definition) is 3. The van der Waals surface area contributed by atoms with Crippen molar-refractivity contribution >= 4 is 11.6 Å². The number of carbonyl (C=O) groups is 1. The third kappa shape index (κ3) is 4.00. The molecular weight excluding hydrogens is 263 g/mol. The molecule has 5 nitrogen and oxygen atoms in total. The molecule has 1 unspecified atom stereocenters. The van der Waals surface area contributed by atoms with Crippen molar-refractivity contribution in [3.8, 4) is 0 Å². The Balaban J connectivity index is 1.75. The minimum atomic E-state index is -0.431. The third-order valence-corrected chi connectivity index (χ3v) is 3.37. The maximum Gasteiger partial charge on any atom is 0.225 e. The van der Waals surface area contributed by atoms with E-state index in [1.165, 1.54) is 12.1 Å². The van der Waals surface area contributed by atoms with E-state index in [9.17, 15) is 14.3 Å². The second-order valence-corrected chi connectivity index (χ2v) is 4.98. The van der Waals surface area contributed by atoms with Crippen molar-refractivity contribution in [2.24, 2.45) is 0 Å². The molecule has 1 atom stereocenters. The molecule has 1 saturated heterocycles. The van der Waals surface area contributed by atoms with Gasteiger partial charge in [0.1, 0.15) is 5.82 Å². The highest BCUT2D eigenvalue weighted by Crippen LogP contribution is 2.17. The highest BCUT2D eigenvalue weighted by molar-refractivity contribution is 5.90. The van der Waals surface area contributed by atoms with E-state index in [1.807, 2.05) is 0 Å². The summed E-state index contributed by atoms with van der Waals surface area (Å²) < 4.78 is 18.2. The van der Waals surface area contributed by atoms with E-state index < -0.39 is 5.54 Å². The Bertz CT molecular complexity index is 461. The van der Waals surface area contributed by atoms with Gasteiger partial charge in [-0.25, -0.2) is 4.39 Å². The average Bonchev–Trinajstić information content (AvgIpc) is 2.88. The molecule has 2 rings (SSSR count). The van der Waals surface area contributed by atoms with Gasteiger partial charge in [0.25, 0.3) is 0 Å². The van der Waals surface area contributed by atoms with Crippen LogP contribution in [0.15, 0.2) is 24.3 Å². The van der Waals surface area contributed by atoms with Gasteiger partial charge >= 0.3 is 0 Å². The Morgan fingerprint density at radius 1 is 1.50 bits per heavy atom. The van der Waals surface area contributed by atoms with Crippen LogP contribution in [0.2, 0.25) is 0 Å². The number of aliphatic hydroxyl groups excluding tert-OH is 1. The highest BCUT2D eigenvalue weighted by atomic mass is 19.1. The third-order valence-electron chi connectivity index (χ3n) is 3.37. The van der Waals surface area contributed by atoms with E-state index >= 15 is 0 Å². The normalized spacial score (nSPS) is 21.9. The summed E-state index contributed by atoms with van der Waals surface area (Å²) in [6.45, 7) is 1.49. The quantitative estimate of drug-likeness (QED) is 0.725. The van der Waals surface area contributed by atoms with E-state index in [0.717, 1.165) is 6.42 Å². The van der Waals surface area contributed by atoms with Gasteiger partial charge in [0, 0.05) is 25.3 Å². The number of anilines is 1. The first kappa shape index (κ1) is 14.9. The Hall–Kier alpha value is -1.50. The first-order chi connectivity index (χ1) is 9.63. The van der Waals surface area contributed by atoms with Gasteiger partial charge in [-0.15, -0.1) is 0 Å². The Morgan fingerprint density at radius 3 is 3.00 bits per heavy atom. The zero-order valence-electron chi connectivity index (χ0n) is 11.2. The molecule has 6 heteroatoms. The molecule has 0 spiro atoms. The van der Waals surface area contributed by atoms with Gasteiger partial charge in [0.2, 0.25) is 5.91 Å². The number of nitrogens with one attached hydrogen (secondary N) is 2. The monoisotopic (exact) mass is 282 g/mol. The van der Waals surface area contributed by atoms with Crippen LogP contribution in [0.5, 0.6) is 0 Å². The average molecular weight is 282 g/mol. The molecule has 0 bridgehead atoms. The summed E-state index contributed by atoms with van der Waals surface area (Å²) in [6, 6.07) is 5.77. The van der Waals surface area contributed by atoms with Gasteiger partial charge in [-0.05, 0) is 24.6 Å². The van der Waals surface area contributed by atoms with Gasteiger partial charge in [-0.2, -0.15) is 0 Å². The number of hydrogen-bond acceptors (Lipinski definition) is 4. The van der Waals surface area contributed by atoms with Crippen LogP contribution in [0.3, 0.4) is 0 Å². The van der Waals surface area contributed by atoms with Crippen LogP contribution in [0.4, 0.5) is 10.1 Å². The molecule has 1 amide bonds. The number of halogens is 1. The molecule has 0 aromatic heterocycles. The van der Waals surface area contributed by atoms with Crippen molar-refractivity contribution < 1.29 is 19.0 Å². The molecule has 0 radical (unpaired) electrons. The van der Waals surface area contributed by atoms with E-state index in [2.05, 4.69) is 10.6 Å². The van der Waals surface area contributed by atoms with Crippen molar-refractivity contribution in [3.05, 3.63) is 30.1 Å². The maximum absolute atomic E-state index is 13.0. The topological polar surface area (TPSA) is 70.6 Å². The summed E-state index contributed by atoms with van der Waals surface area (Å²) in [6.07, 6.45) is 0.979. The molecule has 1 fully saturated rings. The van der Waals surface area contributed by atoms with Crippen molar-refractivity contribution in [2.75, 3.05) is 31.7 Å². The Morgan fingerprint density at radius 2 is 2.35 bits per heavy atom. The zero-order chi connectivity index (χ0) is 14.4. The number of aliphatic hydroxyl groups is 1. The van der Waals surface area contributed by atoms with E-state index in [0.29, 0.717) is 25.4 Å². The van der Waals surface area contributed by atoms with Crippen LogP contribution in [-0.2, 0) is 9.53 Å². The predicted octanol–water partition coefficient (Wildman–Crippen LogP) is 0.895. The summed E-state index contributed by atoms with van der Waals surface area (Å²) in [7, 11) is 0. The van der Waals surface area contributed by atoms with Gasteiger partial charge in [-0.3, -0.25) is 4.79 Å². The lowest BCUT2D eigenvalue weighted by Crippen LogP contribution is -2.49. The van der Waals surface area contributed by atoms with Crippen molar-refractivity contribution in [1.29, 1.82) is 0 Å². The second-order valence-electron chi connectivity index (χ2n) is 4.98. The van der Waals surface area contributed by atoms with Gasteiger partial charge < -0.3 is 20.5 Å². The Labute approximate surface area is 117 Å². The van der Waals surface area contributed by atoms with Crippen molar-refractivity contribution in [1.82, 2.24) is 5.32 Å². The fourth-order valence-electron chi connectivity index (χ4n) is 2.16. The zero-order valence-corrected chi connectivity index (χ0v) is 11.2. The minimum absolute atomic E-state index is 0.0154. The molecule has 1 aliphatic rings. The molecule has 1 heterocycles. The van der Waals surface area contributed by atoms with E-state index in [4.69, 9.17) is 4.74 Å². The lowest BCUT2D eigenvalue weighted by atomic mass is 10.00. The summed E-state index contributed by atoms with van der Waals surface area (Å²) in [5.74, 6) is -0.585. The highest BCUT2D eigenvalue weighted by Gasteiger charge is 2.33. The second kappa shape index (κ2) is 6.78. The molecule has 0 aliphatic carbocycles. The Kier molecular flexibility index (Phi) is 5.05. The van der Waals surface area contributed by atoms with Crippen LogP contribution >= 0.6 is 0 Å². The van der Waals surface area contributed by atoms with Crippen LogP contribution in [0, 0.1) is 5.82 Å². The number of benzene rings is 1. The van der Waals surface area contributed by atoms with Crippen LogP contribution in [-0.4, -0.2) is 42.9 Å². The van der Waals surface area contributed by atoms with E-state index in [1.54, 1.807) is 12.1 Å². The van der Waals surface area contributed by atoms with Gasteiger partial charge in [0.05, 0.1) is 18.8 Å². The van der Waals surface area contributed by atoms with Gasteiger partial charge in [0.15, 0.2) is 0 Å². The summed E-state index contributed by atoms with van der Waals surface area (Å²) in [4.78, 5) is 11.7. The smallest absolute Gasteiger partial charge is 0.225 e. The molecular formula is C14H19FN2O3. The first-order valence-corrected chi connectivity index (χ1v) is 6.63. The fourth-order valence-corrected chi connectivity index (χ4v) is 2.16. The van der Waals surface area contributed by atoms with Gasteiger partial charge in [-0.1, -0.05) is 6.07 Å². The summed E-state index contributed by atoms with van der Waals surface area (Å²) in [5.41, 5.74) is 0.00939. The molecule has 20 heavy (non-hydrogen) atoms. The standard InChI is InChI=1S/C14H19FN2O3/c15-11-2-1-3-12(8-11)17-13(19)4-6-16-14(9-18)5-7-20-10-14/h1-3,8,16,18H,4-7,9-10H2,(H,17,19). The molecule has 1 aromatic rings. The maximum atomic E-state index is 13.0. The number of carbonyl (C=O) groups excluding carboxylic acids is 1. The van der Waals surface area contributed by atoms with Crippen LogP contribution < -0.4 is 10.6 Å². The summed E-state index contributed by atoms with van der Waals surface area (Å²) >= 11 is 0. The lowest BCUT2D eigenvalue weighted by molar-refractivity contribution is -0.116. The predicted molar refractivity (Wildman–Crippen MR) is 72.9 cm³/mol. The number of amides is 1. The molecule has 1 aliphatic heterocycles. The number of rotatable bonds is 6. The van der Waals surface area contributed by atoms with Crippen LogP contribution in [0.25, 0.3) is 0 Å². The largest absolute Gasteiger partial charge is 0.394 e. The van der Waals surface area contributed by atoms with Crippen LogP contribution in [0.1, 0.15) is 12.8 Å². The molecule has 110 valence electrons. The number of ether oxygens (including phenoxy) is 1.